The fourth-order valence-electron chi connectivity index (χ4n) is 4.13. The minimum absolute atomic E-state index is 0.00221. The molecule has 0 saturated heterocycles. The van der Waals surface area contributed by atoms with Gasteiger partial charge in [-0.1, -0.05) is 54.6 Å². The van der Waals surface area contributed by atoms with E-state index < -0.39 is 17.3 Å². The Morgan fingerprint density at radius 3 is 2.41 bits per heavy atom. The smallest absolute Gasteiger partial charge is 0.416 e. The van der Waals surface area contributed by atoms with Crippen LogP contribution in [0.5, 0.6) is 5.75 Å². The third kappa shape index (κ3) is 4.82. The number of fused-ring (bicyclic) bond motifs is 2. The van der Waals surface area contributed by atoms with E-state index in [0.717, 1.165) is 27.6 Å². The molecule has 0 aliphatic carbocycles. The maximum absolute atomic E-state index is 13.5. The van der Waals surface area contributed by atoms with Gasteiger partial charge in [0.15, 0.2) is 5.82 Å². The fraction of sp³-hybridized carbons (Fsp3) is 0.138. The van der Waals surface area contributed by atoms with Crippen LogP contribution in [0.4, 0.5) is 13.2 Å². The van der Waals surface area contributed by atoms with Crippen LogP contribution in [-0.2, 0) is 6.18 Å². The first-order valence-electron chi connectivity index (χ1n) is 11.6. The van der Waals surface area contributed by atoms with Crippen LogP contribution in [0.3, 0.4) is 0 Å². The predicted molar refractivity (Wildman–Crippen MR) is 139 cm³/mol. The van der Waals surface area contributed by atoms with E-state index >= 15 is 0 Å². The number of ether oxygens (including phenoxy) is 1. The quantitative estimate of drug-likeness (QED) is 0.246. The molecular formula is C29H22F3N3O2. The minimum atomic E-state index is -4.55. The third-order valence-corrected chi connectivity index (χ3v) is 5.80. The summed E-state index contributed by atoms with van der Waals surface area (Å²) < 4.78 is 47.4. The maximum Gasteiger partial charge on any atom is 0.416 e. The molecule has 8 heteroatoms. The monoisotopic (exact) mass is 501 g/mol. The number of alkyl halides is 3. The molecule has 0 spiro atoms. The fourth-order valence-corrected chi connectivity index (χ4v) is 4.13. The lowest BCUT2D eigenvalue weighted by molar-refractivity contribution is -0.137. The molecule has 0 unspecified atom stereocenters. The Balaban J connectivity index is 1.75. The number of benzene rings is 4. The van der Waals surface area contributed by atoms with Crippen molar-refractivity contribution in [2.24, 2.45) is 5.10 Å². The van der Waals surface area contributed by atoms with Gasteiger partial charge in [-0.2, -0.15) is 22.9 Å². The van der Waals surface area contributed by atoms with Crippen molar-refractivity contribution in [1.29, 1.82) is 0 Å². The average molecular weight is 502 g/mol. The Morgan fingerprint density at radius 1 is 0.919 bits per heavy atom. The summed E-state index contributed by atoms with van der Waals surface area (Å²) in [5.41, 5.74) is -0.223. The van der Waals surface area contributed by atoms with Crippen LogP contribution in [0, 0.1) is 0 Å². The van der Waals surface area contributed by atoms with Crippen molar-refractivity contribution in [3.8, 4) is 17.1 Å². The number of hydrogen-bond donors (Lipinski definition) is 0. The van der Waals surface area contributed by atoms with Crippen LogP contribution in [0.25, 0.3) is 33.1 Å². The molecule has 5 nitrogen and oxygen atoms in total. The predicted octanol–water partition coefficient (Wildman–Crippen LogP) is 6.90. The van der Waals surface area contributed by atoms with Gasteiger partial charge < -0.3 is 4.74 Å². The van der Waals surface area contributed by atoms with Crippen molar-refractivity contribution >= 4 is 27.9 Å². The molecule has 0 saturated carbocycles. The van der Waals surface area contributed by atoms with Gasteiger partial charge in [0.2, 0.25) is 0 Å². The molecule has 0 aliphatic rings. The summed E-state index contributed by atoms with van der Waals surface area (Å²) >= 11 is 0. The molecule has 5 aromatic rings. The third-order valence-electron chi connectivity index (χ3n) is 5.80. The van der Waals surface area contributed by atoms with E-state index in [-0.39, 0.29) is 17.5 Å². The van der Waals surface area contributed by atoms with Crippen molar-refractivity contribution < 1.29 is 17.9 Å². The van der Waals surface area contributed by atoms with Gasteiger partial charge in [0.1, 0.15) is 5.75 Å². The Hall–Kier alpha value is -4.46. The van der Waals surface area contributed by atoms with Gasteiger partial charge in [-0.3, -0.25) is 4.79 Å². The zero-order chi connectivity index (χ0) is 26.2. The van der Waals surface area contributed by atoms with Crippen molar-refractivity contribution in [2.45, 2.75) is 26.1 Å². The van der Waals surface area contributed by atoms with Gasteiger partial charge in [-0.15, -0.1) is 0 Å². The van der Waals surface area contributed by atoms with Crippen LogP contribution in [-0.4, -0.2) is 22.0 Å². The minimum Gasteiger partial charge on any atom is -0.490 e. The van der Waals surface area contributed by atoms with Gasteiger partial charge in [0.05, 0.1) is 28.8 Å². The lowest BCUT2D eigenvalue weighted by Gasteiger charge is -2.15. The SMILES string of the molecule is CC(C)Oc1ccc2ccccc2c1C=Nn1c(-c2cccc(C(F)(F)F)c2)nc2ccccc2c1=O. The van der Waals surface area contributed by atoms with E-state index in [4.69, 9.17) is 4.74 Å². The number of aromatic nitrogens is 2. The van der Waals surface area contributed by atoms with E-state index in [1.54, 1.807) is 24.3 Å². The zero-order valence-electron chi connectivity index (χ0n) is 20.0. The van der Waals surface area contributed by atoms with E-state index in [2.05, 4.69) is 10.1 Å². The van der Waals surface area contributed by atoms with E-state index in [9.17, 15) is 18.0 Å². The summed E-state index contributed by atoms with van der Waals surface area (Å²) in [5.74, 6) is 0.567. The topological polar surface area (TPSA) is 56.5 Å². The van der Waals surface area contributed by atoms with Crippen LogP contribution in [0.2, 0.25) is 0 Å². The molecule has 0 fully saturated rings. The number of hydrogen-bond acceptors (Lipinski definition) is 4. The van der Waals surface area contributed by atoms with Gasteiger partial charge in [-0.25, -0.2) is 4.98 Å². The summed E-state index contributed by atoms with van der Waals surface area (Å²) in [6, 6.07) is 22.8. The second-order valence-corrected chi connectivity index (χ2v) is 8.76. The Kier molecular flexibility index (Phi) is 6.25. The molecule has 1 heterocycles. The number of nitrogens with zero attached hydrogens (tertiary/aromatic N) is 3. The van der Waals surface area contributed by atoms with Crippen molar-refractivity contribution in [1.82, 2.24) is 9.66 Å². The zero-order valence-corrected chi connectivity index (χ0v) is 20.0. The van der Waals surface area contributed by atoms with Crippen LogP contribution in [0.15, 0.2) is 94.8 Å². The highest BCUT2D eigenvalue weighted by Crippen LogP contribution is 2.32. The second-order valence-electron chi connectivity index (χ2n) is 8.76. The summed E-state index contributed by atoms with van der Waals surface area (Å²) in [7, 11) is 0. The molecule has 1 aromatic heterocycles. The van der Waals surface area contributed by atoms with Crippen molar-refractivity contribution in [2.75, 3.05) is 0 Å². The second kappa shape index (κ2) is 9.54. The molecule has 0 atom stereocenters. The van der Waals surface area contributed by atoms with Crippen LogP contribution in [0.1, 0.15) is 25.0 Å². The maximum atomic E-state index is 13.5. The summed E-state index contributed by atoms with van der Waals surface area (Å²) in [6.45, 7) is 3.80. The van der Waals surface area contributed by atoms with Gasteiger partial charge in [0, 0.05) is 11.1 Å². The first-order valence-corrected chi connectivity index (χ1v) is 11.6. The molecular weight excluding hydrogens is 479 g/mol. The van der Waals surface area contributed by atoms with Crippen LogP contribution >= 0.6 is 0 Å². The van der Waals surface area contributed by atoms with Gasteiger partial charge >= 0.3 is 6.18 Å². The van der Waals surface area contributed by atoms with Crippen LogP contribution < -0.4 is 10.3 Å². The highest BCUT2D eigenvalue weighted by atomic mass is 19.4. The molecule has 4 aromatic carbocycles. The number of halogens is 3. The highest BCUT2D eigenvalue weighted by Gasteiger charge is 2.31. The Bertz CT molecular complexity index is 1710. The number of para-hydroxylation sites is 1. The summed E-state index contributed by atoms with van der Waals surface area (Å²) in [5, 5.41) is 6.57. The molecule has 0 radical (unpaired) electrons. The highest BCUT2D eigenvalue weighted by molar-refractivity contribution is 6.02. The molecule has 0 bridgehead atoms. The molecule has 5 rings (SSSR count). The standard InChI is InChI=1S/C29H22F3N3O2/c1-18(2)37-26-15-14-19-8-3-4-11-22(19)24(26)17-33-35-27(20-9-7-10-21(16-20)29(30,31)32)34-25-13-6-5-12-23(25)28(35)36/h3-18H,1-2H3. The Labute approximate surface area is 210 Å². The number of rotatable bonds is 5. The molecule has 0 N–H and O–H groups in total. The molecule has 0 aliphatic heterocycles. The summed E-state index contributed by atoms with van der Waals surface area (Å²) in [4.78, 5) is 18.0. The van der Waals surface area contributed by atoms with Crippen molar-refractivity contribution in [3.63, 3.8) is 0 Å². The van der Waals surface area contributed by atoms with E-state index in [1.165, 1.54) is 18.3 Å². The lowest BCUT2D eigenvalue weighted by atomic mass is 10.0. The first kappa shape index (κ1) is 24.2. The van der Waals surface area contributed by atoms with Crippen molar-refractivity contribution in [3.05, 3.63) is 106 Å². The van der Waals surface area contributed by atoms with Gasteiger partial charge in [-0.05, 0) is 55.0 Å². The largest absolute Gasteiger partial charge is 0.490 e. The average Bonchev–Trinajstić information content (AvgIpc) is 2.88. The first-order chi connectivity index (χ1) is 17.7. The molecule has 37 heavy (non-hydrogen) atoms. The molecule has 186 valence electrons. The van der Waals surface area contributed by atoms with E-state index in [1.807, 2.05) is 50.2 Å². The van der Waals surface area contributed by atoms with Gasteiger partial charge in [0.25, 0.3) is 5.56 Å². The summed E-state index contributed by atoms with van der Waals surface area (Å²) in [6.07, 6.45) is -3.17. The lowest BCUT2D eigenvalue weighted by Crippen LogP contribution is -2.20. The molecule has 0 amide bonds. The Morgan fingerprint density at radius 2 is 1.65 bits per heavy atom. The normalized spacial score (nSPS) is 12.2. The van der Waals surface area contributed by atoms with E-state index in [0.29, 0.717) is 22.2 Å².